The summed E-state index contributed by atoms with van der Waals surface area (Å²) in [6.45, 7) is 0.00257. The molecule has 20 heavy (non-hydrogen) atoms. The summed E-state index contributed by atoms with van der Waals surface area (Å²) < 4.78 is 0. The van der Waals surface area contributed by atoms with Gasteiger partial charge in [-0.3, -0.25) is 14.9 Å². The van der Waals surface area contributed by atoms with Gasteiger partial charge in [0, 0.05) is 29.7 Å². The summed E-state index contributed by atoms with van der Waals surface area (Å²) in [5.74, 6) is -0.512. The van der Waals surface area contributed by atoms with Crippen LogP contribution in [-0.2, 0) is 0 Å². The lowest BCUT2D eigenvalue weighted by Gasteiger charge is -2.19. The van der Waals surface area contributed by atoms with E-state index in [1.165, 1.54) is 18.2 Å². The van der Waals surface area contributed by atoms with Crippen molar-refractivity contribution in [2.75, 3.05) is 6.61 Å². The zero-order chi connectivity index (χ0) is 14.7. The maximum Gasteiger partial charge on any atom is 0.282 e. The molecule has 1 aliphatic rings. The van der Waals surface area contributed by atoms with Crippen LogP contribution in [0, 0.1) is 16.0 Å². The minimum absolute atomic E-state index is 0.00257. The molecule has 1 aromatic rings. The van der Waals surface area contributed by atoms with Gasteiger partial charge in [-0.1, -0.05) is 18.0 Å². The first-order chi connectivity index (χ1) is 9.52. The molecule has 6 nitrogen and oxygen atoms in total. The van der Waals surface area contributed by atoms with Crippen molar-refractivity contribution in [3.8, 4) is 0 Å². The number of carbonyl (C=O) groups excluding carboxylic acids is 1. The number of amides is 1. The zero-order valence-corrected chi connectivity index (χ0v) is 11.5. The lowest BCUT2D eigenvalue weighted by molar-refractivity contribution is -0.385. The van der Waals surface area contributed by atoms with Gasteiger partial charge in [0.15, 0.2) is 0 Å². The first kappa shape index (κ1) is 14.7. The molecule has 0 aliphatic heterocycles. The highest BCUT2D eigenvalue weighted by Crippen LogP contribution is 2.27. The maximum absolute atomic E-state index is 12.2. The van der Waals surface area contributed by atoms with Gasteiger partial charge < -0.3 is 10.4 Å². The molecule has 2 rings (SSSR count). The van der Waals surface area contributed by atoms with Crippen LogP contribution in [-0.4, -0.2) is 28.6 Å². The number of hydrogen-bond acceptors (Lipinski definition) is 4. The van der Waals surface area contributed by atoms with Crippen molar-refractivity contribution in [2.24, 2.45) is 5.92 Å². The topological polar surface area (TPSA) is 92.5 Å². The largest absolute Gasteiger partial charge is 0.396 e. The van der Waals surface area contributed by atoms with Crippen LogP contribution < -0.4 is 5.32 Å². The normalized spacial score (nSPS) is 21.7. The van der Waals surface area contributed by atoms with Gasteiger partial charge in [0.1, 0.15) is 5.56 Å². The minimum atomic E-state index is -0.608. The van der Waals surface area contributed by atoms with Crippen LogP contribution in [0.1, 0.15) is 29.6 Å². The smallest absolute Gasteiger partial charge is 0.282 e. The minimum Gasteiger partial charge on any atom is -0.396 e. The third kappa shape index (κ3) is 3.08. The maximum atomic E-state index is 12.2. The van der Waals surface area contributed by atoms with Crippen LogP contribution in [0.4, 0.5) is 5.69 Å². The van der Waals surface area contributed by atoms with Crippen LogP contribution >= 0.6 is 11.6 Å². The molecule has 2 N–H and O–H groups in total. The lowest BCUT2D eigenvalue weighted by atomic mass is 10.0. The monoisotopic (exact) mass is 298 g/mol. The van der Waals surface area contributed by atoms with Gasteiger partial charge in [-0.25, -0.2) is 0 Å². The van der Waals surface area contributed by atoms with E-state index < -0.39 is 10.8 Å². The molecule has 0 saturated heterocycles. The van der Waals surface area contributed by atoms with Crippen molar-refractivity contribution in [3.05, 3.63) is 38.9 Å². The number of aliphatic hydroxyl groups excluding tert-OH is 1. The summed E-state index contributed by atoms with van der Waals surface area (Å²) in [6, 6.07) is 3.74. The summed E-state index contributed by atoms with van der Waals surface area (Å²) in [4.78, 5) is 22.5. The second-order valence-corrected chi connectivity index (χ2v) is 5.31. The number of carbonyl (C=O) groups is 1. The number of benzene rings is 1. The fraction of sp³-hybridized carbons (Fsp3) is 0.462. The highest BCUT2D eigenvalue weighted by atomic mass is 35.5. The van der Waals surface area contributed by atoms with Gasteiger partial charge in [-0.05, 0) is 25.0 Å². The van der Waals surface area contributed by atoms with Gasteiger partial charge in [0.25, 0.3) is 11.6 Å². The summed E-state index contributed by atoms with van der Waals surface area (Å²) in [5, 5.41) is 23.2. The van der Waals surface area contributed by atoms with Crippen molar-refractivity contribution < 1.29 is 14.8 Å². The van der Waals surface area contributed by atoms with E-state index >= 15 is 0 Å². The van der Waals surface area contributed by atoms with E-state index in [2.05, 4.69) is 5.32 Å². The van der Waals surface area contributed by atoms with Gasteiger partial charge in [-0.2, -0.15) is 0 Å². The molecular weight excluding hydrogens is 284 g/mol. The molecule has 2 unspecified atom stereocenters. The quantitative estimate of drug-likeness (QED) is 0.658. The molecule has 0 spiro atoms. The van der Waals surface area contributed by atoms with Crippen molar-refractivity contribution >= 4 is 23.2 Å². The molecule has 0 heterocycles. The van der Waals surface area contributed by atoms with E-state index in [1.807, 2.05) is 0 Å². The fourth-order valence-electron chi connectivity index (χ4n) is 2.54. The molecule has 0 bridgehead atoms. The van der Waals surface area contributed by atoms with E-state index in [4.69, 9.17) is 11.6 Å². The van der Waals surface area contributed by atoms with Crippen molar-refractivity contribution in [1.29, 1.82) is 0 Å². The predicted molar refractivity (Wildman–Crippen MR) is 73.8 cm³/mol. The fourth-order valence-corrected chi connectivity index (χ4v) is 2.71. The molecule has 1 fully saturated rings. The molecule has 0 radical (unpaired) electrons. The van der Waals surface area contributed by atoms with E-state index in [9.17, 15) is 20.0 Å². The number of nitro groups is 1. The number of nitrogens with zero attached hydrogens (tertiary/aromatic N) is 1. The lowest BCUT2D eigenvalue weighted by Crippen LogP contribution is -2.38. The van der Waals surface area contributed by atoms with Crippen LogP contribution in [0.15, 0.2) is 18.2 Å². The van der Waals surface area contributed by atoms with Crippen LogP contribution in [0.25, 0.3) is 0 Å². The Labute approximate surface area is 120 Å². The van der Waals surface area contributed by atoms with E-state index in [0.29, 0.717) is 0 Å². The molecule has 108 valence electrons. The number of halogens is 1. The average Bonchev–Trinajstić information content (AvgIpc) is 2.85. The number of nitro benzene ring substituents is 1. The highest BCUT2D eigenvalue weighted by Gasteiger charge is 2.30. The van der Waals surface area contributed by atoms with Crippen LogP contribution in [0.3, 0.4) is 0 Å². The molecule has 1 aliphatic carbocycles. The predicted octanol–water partition coefficient (Wildman–Crippen LogP) is 2.14. The van der Waals surface area contributed by atoms with E-state index in [-0.39, 0.29) is 34.8 Å². The second kappa shape index (κ2) is 6.19. The number of aliphatic hydroxyl groups is 1. The first-order valence-corrected chi connectivity index (χ1v) is 6.76. The molecule has 1 aromatic carbocycles. The Kier molecular flexibility index (Phi) is 4.57. The summed E-state index contributed by atoms with van der Waals surface area (Å²) in [6.07, 6.45) is 2.54. The molecule has 0 aromatic heterocycles. The molecule has 1 saturated carbocycles. The summed E-state index contributed by atoms with van der Waals surface area (Å²) in [5.41, 5.74) is -0.323. The Morgan fingerprint density at radius 3 is 2.90 bits per heavy atom. The Morgan fingerprint density at radius 2 is 2.25 bits per heavy atom. The van der Waals surface area contributed by atoms with Gasteiger partial charge in [0.2, 0.25) is 0 Å². The zero-order valence-electron chi connectivity index (χ0n) is 10.7. The third-order valence-electron chi connectivity index (χ3n) is 3.61. The highest BCUT2D eigenvalue weighted by molar-refractivity contribution is 6.31. The van der Waals surface area contributed by atoms with Crippen LogP contribution in [0.5, 0.6) is 0 Å². The number of hydrogen-bond donors (Lipinski definition) is 2. The Hall–Kier alpha value is -1.66. The Bertz CT molecular complexity index is 535. The molecule has 1 amide bonds. The molecule has 7 heteroatoms. The number of nitrogens with one attached hydrogen (secondary N) is 1. The number of rotatable bonds is 4. The van der Waals surface area contributed by atoms with Crippen molar-refractivity contribution in [1.82, 2.24) is 5.32 Å². The summed E-state index contributed by atoms with van der Waals surface area (Å²) >= 11 is 5.80. The van der Waals surface area contributed by atoms with Gasteiger partial charge in [-0.15, -0.1) is 0 Å². The average molecular weight is 299 g/mol. The van der Waals surface area contributed by atoms with E-state index in [0.717, 1.165) is 19.3 Å². The second-order valence-electron chi connectivity index (χ2n) is 4.87. The SMILES string of the molecule is O=C(NC1CCCC1CO)c1cc(Cl)ccc1[N+](=O)[O-]. The molecule has 2 atom stereocenters. The Morgan fingerprint density at radius 1 is 1.50 bits per heavy atom. The van der Waals surface area contributed by atoms with Gasteiger partial charge >= 0.3 is 0 Å². The standard InChI is InChI=1S/C13H15ClN2O4/c14-9-4-5-12(16(19)20)10(6-9)13(18)15-11-3-1-2-8(11)7-17/h4-6,8,11,17H,1-3,7H2,(H,15,18). The van der Waals surface area contributed by atoms with Crippen molar-refractivity contribution in [2.45, 2.75) is 25.3 Å². The van der Waals surface area contributed by atoms with E-state index in [1.54, 1.807) is 0 Å². The van der Waals surface area contributed by atoms with Gasteiger partial charge in [0.05, 0.1) is 4.92 Å². The van der Waals surface area contributed by atoms with Crippen LogP contribution in [0.2, 0.25) is 5.02 Å². The van der Waals surface area contributed by atoms with Crippen molar-refractivity contribution in [3.63, 3.8) is 0 Å². The Balaban J connectivity index is 2.20. The first-order valence-electron chi connectivity index (χ1n) is 6.38. The third-order valence-corrected chi connectivity index (χ3v) is 3.85. The molecular formula is C13H15ClN2O4. The summed E-state index contributed by atoms with van der Waals surface area (Å²) in [7, 11) is 0.